The Kier molecular flexibility index (Phi) is 4.92. The molecule has 0 bridgehead atoms. The zero-order valence-corrected chi connectivity index (χ0v) is 11.0. The predicted molar refractivity (Wildman–Crippen MR) is 69.5 cm³/mol. The smallest absolute Gasteiger partial charge is 0.279 e. The van der Waals surface area contributed by atoms with Crippen LogP contribution in [-0.2, 0) is 16.8 Å². The van der Waals surface area contributed by atoms with E-state index >= 15 is 0 Å². The molecule has 5 nitrogen and oxygen atoms in total. The third-order valence-corrected chi connectivity index (χ3v) is 3.82. The van der Waals surface area contributed by atoms with Gasteiger partial charge in [0.15, 0.2) is 0 Å². The standard InChI is InChI=1S/C11H19N3O2S/c1-3-7-13-17(15,16)14(2)9-10-5-4-6-11(12)8-10/h4-6,8,13H,3,7,9,12H2,1-2H3. The molecule has 0 fully saturated rings. The van der Waals surface area contributed by atoms with Crippen LogP contribution >= 0.6 is 0 Å². The highest BCUT2D eigenvalue weighted by Crippen LogP contribution is 2.10. The molecule has 0 unspecified atom stereocenters. The van der Waals surface area contributed by atoms with Gasteiger partial charge in [0.1, 0.15) is 0 Å². The number of rotatable bonds is 6. The van der Waals surface area contributed by atoms with Crippen molar-refractivity contribution in [2.45, 2.75) is 19.9 Å². The summed E-state index contributed by atoms with van der Waals surface area (Å²) in [7, 11) is -1.85. The zero-order valence-electron chi connectivity index (χ0n) is 10.2. The van der Waals surface area contributed by atoms with E-state index in [0.29, 0.717) is 18.8 Å². The second-order valence-electron chi connectivity index (χ2n) is 3.90. The Morgan fingerprint density at radius 2 is 2.12 bits per heavy atom. The Morgan fingerprint density at radius 3 is 2.71 bits per heavy atom. The van der Waals surface area contributed by atoms with Crippen molar-refractivity contribution >= 4 is 15.9 Å². The highest BCUT2D eigenvalue weighted by atomic mass is 32.2. The third-order valence-electron chi connectivity index (χ3n) is 2.30. The minimum Gasteiger partial charge on any atom is -0.399 e. The maximum absolute atomic E-state index is 11.8. The second-order valence-corrected chi connectivity index (χ2v) is 5.76. The average molecular weight is 257 g/mol. The molecule has 0 aliphatic heterocycles. The lowest BCUT2D eigenvalue weighted by Gasteiger charge is -2.17. The third kappa shape index (κ3) is 4.33. The van der Waals surface area contributed by atoms with Gasteiger partial charge in [0.05, 0.1) is 0 Å². The van der Waals surface area contributed by atoms with Gasteiger partial charge in [-0.3, -0.25) is 0 Å². The maximum atomic E-state index is 11.8. The lowest BCUT2D eigenvalue weighted by Crippen LogP contribution is -2.38. The van der Waals surface area contributed by atoms with Crippen molar-refractivity contribution in [3.8, 4) is 0 Å². The van der Waals surface area contributed by atoms with Crippen molar-refractivity contribution in [2.75, 3.05) is 19.3 Å². The molecule has 0 radical (unpaired) electrons. The van der Waals surface area contributed by atoms with E-state index in [9.17, 15) is 8.42 Å². The summed E-state index contributed by atoms with van der Waals surface area (Å²) in [4.78, 5) is 0. The lowest BCUT2D eigenvalue weighted by molar-refractivity contribution is 0.455. The van der Waals surface area contributed by atoms with Crippen molar-refractivity contribution in [1.82, 2.24) is 9.03 Å². The Balaban J connectivity index is 2.68. The number of hydrogen-bond acceptors (Lipinski definition) is 3. The van der Waals surface area contributed by atoms with E-state index in [1.165, 1.54) is 4.31 Å². The maximum Gasteiger partial charge on any atom is 0.279 e. The zero-order chi connectivity index (χ0) is 12.9. The van der Waals surface area contributed by atoms with E-state index in [0.717, 1.165) is 12.0 Å². The van der Waals surface area contributed by atoms with E-state index in [4.69, 9.17) is 5.73 Å². The summed E-state index contributed by atoms with van der Waals surface area (Å²) in [5.74, 6) is 0. The number of nitrogens with zero attached hydrogens (tertiary/aromatic N) is 1. The molecule has 0 saturated heterocycles. The van der Waals surface area contributed by atoms with Crippen LogP contribution in [-0.4, -0.2) is 26.3 Å². The fourth-order valence-electron chi connectivity index (χ4n) is 1.37. The van der Waals surface area contributed by atoms with Gasteiger partial charge in [-0.25, -0.2) is 4.72 Å². The number of hydrogen-bond donors (Lipinski definition) is 2. The number of anilines is 1. The molecule has 6 heteroatoms. The van der Waals surface area contributed by atoms with Gasteiger partial charge in [-0.05, 0) is 24.1 Å². The molecule has 0 amide bonds. The van der Waals surface area contributed by atoms with Gasteiger partial charge in [-0.2, -0.15) is 12.7 Å². The van der Waals surface area contributed by atoms with Gasteiger partial charge >= 0.3 is 0 Å². The molecule has 3 N–H and O–H groups in total. The van der Waals surface area contributed by atoms with Crippen LogP contribution in [0.15, 0.2) is 24.3 Å². The molecule has 0 spiro atoms. The van der Waals surface area contributed by atoms with Crippen molar-refractivity contribution < 1.29 is 8.42 Å². The summed E-state index contributed by atoms with van der Waals surface area (Å²) in [5.41, 5.74) is 7.14. The molecule has 1 aromatic rings. The van der Waals surface area contributed by atoms with Gasteiger partial charge in [0, 0.05) is 25.8 Å². The topological polar surface area (TPSA) is 75.4 Å². The number of benzene rings is 1. The second kappa shape index (κ2) is 6.00. The summed E-state index contributed by atoms with van der Waals surface area (Å²) in [6.07, 6.45) is 0.769. The highest BCUT2D eigenvalue weighted by Gasteiger charge is 2.16. The molecule has 0 aromatic heterocycles. The first kappa shape index (κ1) is 14.0. The molecular formula is C11H19N3O2S. The highest BCUT2D eigenvalue weighted by molar-refractivity contribution is 7.87. The van der Waals surface area contributed by atoms with E-state index < -0.39 is 10.2 Å². The van der Waals surface area contributed by atoms with Crippen LogP contribution in [0.2, 0.25) is 0 Å². The molecule has 0 heterocycles. The average Bonchev–Trinajstić information content (AvgIpc) is 2.26. The molecule has 0 aliphatic rings. The van der Waals surface area contributed by atoms with Crippen molar-refractivity contribution in [3.05, 3.63) is 29.8 Å². The molecule has 96 valence electrons. The summed E-state index contributed by atoms with van der Waals surface area (Å²) < 4.78 is 27.3. The lowest BCUT2D eigenvalue weighted by atomic mass is 10.2. The molecular weight excluding hydrogens is 238 g/mol. The number of nitrogens with two attached hydrogens (primary N) is 1. The van der Waals surface area contributed by atoms with Gasteiger partial charge in [0.2, 0.25) is 0 Å². The van der Waals surface area contributed by atoms with Gasteiger partial charge < -0.3 is 5.73 Å². The van der Waals surface area contributed by atoms with Crippen molar-refractivity contribution in [3.63, 3.8) is 0 Å². The summed E-state index contributed by atoms with van der Waals surface area (Å²) in [6, 6.07) is 7.20. The SMILES string of the molecule is CCCNS(=O)(=O)N(C)Cc1cccc(N)c1. The molecule has 1 rings (SSSR count). The van der Waals surface area contributed by atoms with Gasteiger partial charge in [0.25, 0.3) is 10.2 Å². The largest absolute Gasteiger partial charge is 0.399 e. The minimum atomic E-state index is -3.39. The first-order valence-corrected chi connectivity index (χ1v) is 6.95. The van der Waals surface area contributed by atoms with Crippen molar-refractivity contribution in [2.24, 2.45) is 0 Å². The first-order chi connectivity index (χ1) is 7.95. The van der Waals surface area contributed by atoms with Gasteiger partial charge in [-0.1, -0.05) is 19.1 Å². The van der Waals surface area contributed by atoms with Crippen LogP contribution in [0.5, 0.6) is 0 Å². The van der Waals surface area contributed by atoms with E-state index in [2.05, 4.69) is 4.72 Å². The quantitative estimate of drug-likeness (QED) is 0.745. The Hall–Kier alpha value is -1.11. The summed E-state index contributed by atoms with van der Waals surface area (Å²) in [5, 5.41) is 0. The van der Waals surface area contributed by atoms with Gasteiger partial charge in [-0.15, -0.1) is 0 Å². The van der Waals surface area contributed by atoms with Crippen LogP contribution < -0.4 is 10.5 Å². The molecule has 0 saturated carbocycles. The molecule has 17 heavy (non-hydrogen) atoms. The predicted octanol–water partition coefficient (Wildman–Crippen LogP) is 0.945. The van der Waals surface area contributed by atoms with Crippen LogP contribution in [0.3, 0.4) is 0 Å². The molecule has 0 atom stereocenters. The van der Waals surface area contributed by atoms with E-state index in [-0.39, 0.29) is 0 Å². The molecule has 0 aliphatic carbocycles. The molecule has 1 aromatic carbocycles. The van der Waals surface area contributed by atoms with Crippen LogP contribution in [0.25, 0.3) is 0 Å². The first-order valence-electron chi connectivity index (χ1n) is 5.51. The Morgan fingerprint density at radius 1 is 1.41 bits per heavy atom. The number of nitrogens with one attached hydrogen (secondary N) is 1. The minimum absolute atomic E-state index is 0.310. The summed E-state index contributed by atoms with van der Waals surface area (Å²) >= 11 is 0. The number of nitrogen functional groups attached to an aromatic ring is 1. The van der Waals surface area contributed by atoms with E-state index in [1.54, 1.807) is 19.2 Å². The van der Waals surface area contributed by atoms with Crippen LogP contribution in [0, 0.1) is 0 Å². The monoisotopic (exact) mass is 257 g/mol. The summed E-state index contributed by atoms with van der Waals surface area (Å²) in [6.45, 7) is 2.67. The Labute approximate surface area is 103 Å². The normalized spacial score (nSPS) is 11.9. The van der Waals surface area contributed by atoms with Crippen LogP contribution in [0.4, 0.5) is 5.69 Å². The fraction of sp³-hybridized carbons (Fsp3) is 0.455. The van der Waals surface area contributed by atoms with Crippen molar-refractivity contribution in [1.29, 1.82) is 0 Å². The van der Waals surface area contributed by atoms with E-state index in [1.807, 2.05) is 19.1 Å². The Bertz CT molecular complexity index is 460. The fourth-order valence-corrected chi connectivity index (χ4v) is 2.38. The van der Waals surface area contributed by atoms with Crippen LogP contribution in [0.1, 0.15) is 18.9 Å².